The summed E-state index contributed by atoms with van der Waals surface area (Å²) in [5.41, 5.74) is -0.856. The third kappa shape index (κ3) is 5.57. The van der Waals surface area contributed by atoms with Crippen molar-refractivity contribution in [2.24, 2.45) is 22.7 Å². The minimum Gasteiger partial charge on any atom is -0.461 e. The maximum atomic E-state index is 15.1. The van der Waals surface area contributed by atoms with Gasteiger partial charge in [-0.3, -0.25) is 19.3 Å². The summed E-state index contributed by atoms with van der Waals surface area (Å²) in [6.45, 7) is 14.6. The summed E-state index contributed by atoms with van der Waals surface area (Å²) in [6, 6.07) is 7.69. The van der Waals surface area contributed by atoms with E-state index in [9.17, 15) is 9.59 Å². The average Bonchev–Trinajstić information content (AvgIpc) is 3.45. The number of anilines is 2. The van der Waals surface area contributed by atoms with Crippen LogP contribution in [0.4, 0.5) is 11.4 Å². The monoisotopic (exact) mass is 665 g/mol. The molecule has 5 rings (SSSR count). The van der Waals surface area contributed by atoms with Gasteiger partial charge in [0.1, 0.15) is 18.1 Å². The Morgan fingerprint density at radius 3 is 2.33 bits per heavy atom. The molecule has 2 aromatic rings. The van der Waals surface area contributed by atoms with Crippen LogP contribution >= 0.6 is 46.4 Å². The molecule has 2 aromatic carbocycles. The molecule has 3 aliphatic heterocycles. The maximum Gasteiger partial charge on any atom is 0.312 e. The van der Waals surface area contributed by atoms with Gasteiger partial charge in [0.25, 0.3) is 5.91 Å². The van der Waals surface area contributed by atoms with E-state index in [0.29, 0.717) is 51.5 Å². The highest BCUT2D eigenvalue weighted by Crippen LogP contribution is 2.62. The summed E-state index contributed by atoms with van der Waals surface area (Å²) in [5, 5.41) is 4.22. The Morgan fingerprint density at radius 1 is 1.09 bits per heavy atom. The molecule has 2 amide bonds. The van der Waals surface area contributed by atoms with Gasteiger partial charge in [-0.05, 0) is 47.6 Å². The number of benzene rings is 2. The van der Waals surface area contributed by atoms with E-state index in [1.807, 2.05) is 25.7 Å². The zero-order valence-electron chi connectivity index (χ0n) is 24.8. The van der Waals surface area contributed by atoms with E-state index in [0.717, 1.165) is 0 Å². The molecule has 0 aliphatic carbocycles. The zero-order valence-corrected chi connectivity index (χ0v) is 27.8. The summed E-state index contributed by atoms with van der Waals surface area (Å²) in [4.78, 5) is 47.3. The molecule has 1 spiro atoms. The predicted octanol–water partition coefficient (Wildman–Crippen LogP) is 7.60. The van der Waals surface area contributed by atoms with Crippen LogP contribution in [0.5, 0.6) is 0 Å². The first-order valence-electron chi connectivity index (χ1n) is 14.1. The van der Waals surface area contributed by atoms with Gasteiger partial charge in [0, 0.05) is 45.5 Å². The number of rotatable bonds is 6. The Hall–Kier alpha value is -2.29. The van der Waals surface area contributed by atoms with E-state index >= 15 is 4.79 Å². The topological polar surface area (TPSA) is 79.0 Å². The number of fused-ring (bicyclic) bond motifs is 4. The predicted molar refractivity (Wildman–Crippen MR) is 172 cm³/mol. The van der Waals surface area contributed by atoms with Gasteiger partial charge in [-0.15, -0.1) is 0 Å². The summed E-state index contributed by atoms with van der Waals surface area (Å²) in [7, 11) is 0. The van der Waals surface area contributed by atoms with E-state index in [2.05, 4.69) is 25.7 Å². The SMILES string of the molecule is C=CCOC(=O)[C@H]1[C@@H](C(=O)N(CC(C)(C)C)c2cc(Cl)cc(Cl)c2)[C@H]2CC(C)(C)CN2C12C(=O)Nc1c(Cl)cc(Cl)cc12. The number of carbonyl (C=O) groups excluding carboxylic acids is 3. The van der Waals surface area contributed by atoms with E-state index in [1.165, 1.54) is 6.08 Å². The Morgan fingerprint density at radius 2 is 1.72 bits per heavy atom. The number of carbonyl (C=O) groups is 3. The summed E-state index contributed by atoms with van der Waals surface area (Å²) in [6.07, 6.45) is 2.02. The van der Waals surface area contributed by atoms with E-state index in [-0.39, 0.29) is 28.4 Å². The van der Waals surface area contributed by atoms with Gasteiger partial charge in [-0.25, -0.2) is 0 Å². The first-order valence-corrected chi connectivity index (χ1v) is 15.6. The summed E-state index contributed by atoms with van der Waals surface area (Å²) < 4.78 is 5.67. The number of esters is 1. The Balaban J connectivity index is 1.77. The third-order valence-corrected chi connectivity index (χ3v) is 9.38. The molecule has 2 saturated heterocycles. The fraction of sp³-hybridized carbons (Fsp3) is 0.469. The van der Waals surface area contributed by atoms with Gasteiger partial charge in [-0.1, -0.05) is 93.7 Å². The van der Waals surface area contributed by atoms with Crippen molar-refractivity contribution >= 4 is 75.6 Å². The maximum absolute atomic E-state index is 15.1. The van der Waals surface area contributed by atoms with Gasteiger partial charge in [-0.2, -0.15) is 0 Å². The molecule has 1 unspecified atom stereocenters. The Labute approximate surface area is 272 Å². The lowest BCUT2D eigenvalue weighted by Gasteiger charge is -2.38. The highest BCUT2D eigenvalue weighted by Gasteiger charge is 2.73. The van der Waals surface area contributed by atoms with Crippen LogP contribution in [0.2, 0.25) is 20.1 Å². The standard InChI is InChI=1S/C32H35Cl4N3O4/c1-7-8-43-28(41)25-24(27(40)38(15-30(2,3)4)20-10-17(33)9-18(34)11-20)23-14-31(5,6)16-39(23)32(25)21-12-19(35)13-22(36)26(21)37-29(32)42/h7,9-13,23-25H,1,8,14-16H2,2-6H3,(H,37,42)/t23-,24+,25-,32?/m1/s1. The number of hydrogen-bond acceptors (Lipinski definition) is 5. The first-order chi connectivity index (χ1) is 20.0. The molecule has 43 heavy (non-hydrogen) atoms. The Bertz CT molecular complexity index is 1500. The second kappa shape index (κ2) is 11.3. The van der Waals surface area contributed by atoms with Crippen LogP contribution in [-0.4, -0.2) is 48.4 Å². The minimum absolute atomic E-state index is 0.0805. The highest BCUT2D eigenvalue weighted by molar-refractivity contribution is 6.38. The van der Waals surface area contributed by atoms with Crippen LogP contribution in [0.3, 0.4) is 0 Å². The lowest BCUT2D eigenvalue weighted by molar-refractivity contribution is -0.157. The number of nitrogens with zero attached hydrogens (tertiary/aromatic N) is 2. The minimum atomic E-state index is -1.58. The molecule has 3 aliphatic rings. The molecule has 7 nitrogen and oxygen atoms in total. The quantitative estimate of drug-likeness (QED) is 0.254. The van der Waals surface area contributed by atoms with Crippen molar-refractivity contribution in [2.75, 3.05) is 29.9 Å². The van der Waals surface area contributed by atoms with Gasteiger partial charge in [0.15, 0.2) is 0 Å². The Kier molecular flexibility index (Phi) is 8.41. The fourth-order valence-corrected chi connectivity index (χ4v) is 8.17. The molecule has 0 saturated carbocycles. The molecule has 3 heterocycles. The van der Waals surface area contributed by atoms with E-state index < -0.39 is 35.3 Å². The number of hydrogen-bond donors (Lipinski definition) is 1. The molecular weight excluding hydrogens is 632 g/mol. The normalized spacial score (nSPS) is 25.8. The molecule has 1 N–H and O–H groups in total. The fourth-order valence-electron chi connectivity index (χ4n) is 7.11. The molecule has 11 heteroatoms. The van der Waals surface area contributed by atoms with Crippen LogP contribution in [0.25, 0.3) is 0 Å². The van der Waals surface area contributed by atoms with Crippen LogP contribution in [0.15, 0.2) is 43.0 Å². The van der Waals surface area contributed by atoms with E-state index in [1.54, 1.807) is 35.2 Å². The van der Waals surface area contributed by atoms with Gasteiger partial charge in [0.2, 0.25) is 5.91 Å². The van der Waals surface area contributed by atoms with Crippen molar-refractivity contribution < 1.29 is 19.1 Å². The smallest absolute Gasteiger partial charge is 0.312 e. The third-order valence-electron chi connectivity index (χ3n) is 8.43. The van der Waals surface area contributed by atoms with Crippen LogP contribution in [-0.2, 0) is 24.7 Å². The molecule has 0 aromatic heterocycles. The van der Waals surface area contributed by atoms with Crippen molar-refractivity contribution in [3.63, 3.8) is 0 Å². The first kappa shape index (κ1) is 32.1. The lowest BCUT2D eigenvalue weighted by Crippen LogP contribution is -2.54. The zero-order chi connectivity index (χ0) is 31.6. The van der Waals surface area contributed by atoms with Crippen molar-refractivity contribution in [1.82, 2.24) is 4.90 Å². The second-order valence-corrected chi connectivity index (χ2v) is 15.3. The molecule has 4 atom stereocenters. The number of nitrogens with one attached hydrogen (secondary N) is 1. The van der Waals surface area contributed by atoms with Gasteiger partial charge < -0.3 is 15.0 Å². The van der Waals surface area contributed by atoms with Crippen molar-refractivity contribution in [3.05, 3.63) is 68.6 Å². The molecule has 0 radical (unpaired) electrons. The average molecular weight is 667 g/mol. The van der Waals surface area contributed by atoms with Gasteiger partial charge in [0.05, 0.1) is 16.6 Å². The van der Waals surface area contributed by atoms with Crippen LogP contribution in [0, 0.1) is 22.7 Å². The number of ether oxygens (including phenoxy) is 1. The molecule has 2 fully saturated rings. The molecular formula is C32H35Cl4N3O4. The van der Waals surface area contributed by atoms with E-state index in [4.69, 9.17) is 51.1 Å². The molecule has 0 bridgehead atoms. The lowest BCUT2D eigenvalue weighted by atomic mass is 9.71. The molecule has 230 valence electrons. The van der Waals surface area contributed by atoms with Crippen LogP contribution < -0.4 is 10.2 Å². The van der Waals surface area contributed by atoms with Crippen LogP contribution in [0.1, 0.15) is 46.6 Å². The van der Waals surface area contributed by atoms with Crippen molar-refractivity contribution in [3.8, 4) is 0 Å². The van der Waals surface area contributed by atoms with Crippen molar-refractivity contribution in [1.29, 1.82) is 0 Å². The number of amides is 2. The summed E-state index contributed by atoms with van der Waals surface area (Å²) in [5.74, 6) is -3.63. The summed E-state index contributed by atoms with van der Waals surface area (Å²) >= 11 is 25.9. The van der Waals surface area contributed by atoms with Gasteiger partial charge >= 0.3 is 5.97 Å². The number of halogens is 4. The highest BCUT2D eigenvalue weighted by atomic mass is 35.5. The van der Waals surface area contributed by atoms with Crippen molar-refractivity contribution in [2.45, 2.75) is 52.6 Å². The second-order valence-electron chi connectivity index (χ2n) is 13.6. The largest absolute Gasteiger partial charge is 0.461 e.